The van der Waals surface area contributed by atoms with Crippen molar-refractivity contribution in [2.75, 3.05) is 19.3 Å². The van der Waals surface area contributed by atoms with E-state index in [2.05, 4.69) is 6.07 Å². The highest BCUT2D eigenvalue weighted by Crippen LogP contribution is 2.15. The molecular formula is C24H21N3O2S2. The molecule has 0 radical (unpaired) electrons. The van der Waals surface area contributed by atoms with Crippen molar-refractivity contribution >= 4 is 40.7 Å². The molecule has 1 aliphatic heterocycles. The monoisotopic (exact) mass is 447 g/mol. The number of likely N-dealkylation sites (tertiary alicyclic amines) is 1. The fraction of sp³-hybridized carbons (Fsp3) is 0.208. The average Bonchev–Trinajstić information content (AvgIpc) is 3.45. The van der Waals surface area contributed by atoms with Crippen LogP contribution in [0.2, 0.25) is 0 Å². The number of benzene rings is 2. The summed E-state index contributed by atoms with van der Waals surface area (Å²) < 4.78 is 2.35. The van der Waals surface area contributed by atoms with Crippen molar-refractivity contribution in [1.82, 2.24) is 9.47 Å². The minimum atomic E-state index is -0.304. The lowest BCUT2D eigenvalue weighted by Crippen LogP contribution is -2.35. The van der Waals surface area contributed by atoms with Crippen LogP contribution >= 0.6 is 23.1 Å². The van der Waals surface area contributed by atoms with Gasteiger partial charge in [0.25, 0.3) is 11.5 Å². The Morgan fingerprint density at radius 1 is 1.10 bits per heavy atom. The summed E-state index contributed by atoms with van der Waals surface area (Å²) in [6, 6.07) is 19.2. The number of nitrogens with zero attached hydrogens (tertiary/aromatic N) is 3. The first kappa shape index (κ1) is 21.2. The van der Waals surface area contributed by atoms with Gasteiger partial charge in [-0.05, 0) is 55.0 Å². The third-order valence-corrected chi connectivity index (χ3v) is 7.02. The fourth-order valence-corrected chi connectivity index (χ4v) is 5.08. The second-order valence-electron chi connectivity index (χ2n) is 7.15. The number of carbonyl (C=O) groups excluding carboxylic acids is 1. The molecular weight excluding hydrogens is 426 g/mol. The van der Waals surface area contributed by atoms with E-state index >= 15 is 0 Å². The van der Waals surface area contributed by atoms with E-state index in [1.807, 2.05) is 66.9 Å². The smallest absolute Gasteiger partial charge is 0.273 e. The molecule has 2 aromatic carbocycles. The van der Waals surface area contributed by atoms with E-state index in [1.165, 1.54) is 15.9 Å². The van der Waals surface area contributed by atoms with Gasteiger partial charge in [-0.3, -0.25) is 14.2 Å². The number of nitriles is 1. The SMILES string of the molecule is CSc1ccc(C=c2sc(=C(C#N)C(=O)N3CCCC3)n(-c3ccccc3)c2=O)cc1. The van der Waals surface area contributed by atoms with Crippen LogP contribution in [-0.2, 0) is 4.79 Å². The van der Waals surface area contributed by atoms with E-state index in [0.29, 0.717) is 28.0 Å². The summed E-state index contributed by atoms with van der Waals surface area (Å²) in [5.41, 5.74) is 1.32. The lowest BCUT2D eigenvalue weighted by molar-refractivity contribution is -0.123. The van der Waals surface area contributed by atoms with E-state index in [1.54, 1.807) is 16.7 Å². The molecule has 1 aromatic heterocycles. The number of thioether (sulfide) groups is 1. The molecule has 0 bridgehead atoms. The number of para-hydroxylation sites is 1. The van der Waals surface area contributed by atoms with Gasteiger partial charge in [-0.2, -0.15) is 5.26 Å². The van der Waals surface area contributed by atoms with Crippen LogP contribution in [0.1, 0.15) is 18.4 Å². The molecule has 0 saturated carbocycles. The molecule has 5 nitrogen and oxygen atoms in total. The molecule has 2 heterocycles. The largest absolute Gasteiger partial charge is 0.338 e. The maximum Gasteiger partial charge on any atom is 0.273 e. The van der Waals surface area contributed by atoms with Gasteiger partial charge < -0.3 is 4.90 Å². The van der Waals surface area contributed by atoms with Crippen molar-refractivity contribution in [3.63, 3.8) is 0 Å². The summed E-state index contributed by atoms with van der Waals surface area (Å²) in [7, 11) is 0. The molecule has 0 N–H and O–H groups in total. The van der Waals surface area contributed by atoms with Gasteiger partial charge in [-0.15, -0.1) is 23.1 Å². The van der Waals surface area contributed by atoms with Crippen LogP contribution in [0.15, 0.2) is 64.3 Å². The highest BCUT2D eigenvalue weighted by Gasteiger charge is 2.24. The van der Waals surface area contributed by atoms with E-state index < -0.39 is 0 Å². The molecule has 0 unspecified atom stereocenters. The van der Waals surface area contributed by atoms with Crippen molar-refractivity contribution in [3.05, 3.63) is 79.7 Å². The summed E-state index contributed by atoms with van der Waals surface area (Å²) in [6.45, 7) is 1.29. The van der Waals surface area contributed by atoms with Crippen molar-refractivity contribution < 1.29 is 4.79 Å². The lowest BCUT2D eigenvalue weighted by atomic mass is 10.2. The molecule has 0 aliphatic carbocycles. The number of hydrogen-bond donors (Lipinski definition) is 0. The molecule has 4 rings (SSSR count). The quantitative estimate of drug-likeness (QED) is 0.577. The van der Waals surface area contributed by atoms with Gasteiger partial charge >= 0.3 is 0 Å². The topological polar surface area (TPSA) is 66.1 Å². The zero-order valence-corrected chi connectivity index (χ0v) is 18.7. The molecule has 0 spiro atoms. The molecule has 1 fully saturated rings. The van der Waals surface area contributed by atoms with Gasteiger partial charge in [0.1, 0.15) is 10.7 Å². The average molecular weight is 448 g/mol. The summed E-state index contributed by atoms with van der Waals surface area (Å²) >= 11 is 2.84. The first-order chi connectivity index (χ1) is 15.1. The van der Waals surface area contributed by atoms with Crippen LogP contribution in [0.25, 0.3) is 17.3 Å². The van der Waals surface area contributed by atoms with Crippen molar-refractivity contribution in [3.8, 4) is 11.8 Å². The van der Waals surface area contributed by atoms with Crippen LogP contribution in [0.5, 0.6) is 0 Å². The maximum atomic E-state index is 13.4. The summed E-state index contributed by atoms with van der Waals surface area (Å²) in [5, 5.41) is 9.87. The van der Waals surface area contributed by atoms with Gasteiger partial charge in [0.2, 0.25) is 0 Å². The number of aromatic nitrogens is 1. The number of rotatable bonds is 4. The Morgan fingerprint density at radius 2 is 1.77 bits per heavy atom. The van der Waals surface area contributed by atoms with Gasteiger partial charge in [0.15, 0.2) is 5.57 Å². The summed E-state index contributed by atoms with van der Waals surface area (Å²) in [5.74, 6) is -0.304. The Hall–Kier alpha value is -3.08. The van der Waals surface area contributed by atoms with E-state index in [4.69, 9.17) is 0 Å². The Balaban J connectivity index is 1.96. The van der Waals surface area contributed by atoms with Gasteiger partial charge in [-0.1, -0.05) is 30.3 Å². The van der Waals surface area contributed by atoms with Crippen molar-refractivity contribution in [1.29, 1.82) is 5.26 Å². The van der Waals surface area contributed by atoms with Crippen LogP contribution in [-0.4, -0.2) is 34.7 Å². The number of hydrogen-bond acceptors (Lipinski definition) is 5. The fourth-order valence-electron chi connectivity index (χ4n) is 3.58. The lowest BCUT2D eigenvalue weighted by Gasteiger charge is -2.14. The standard InChI is InChI=1S/C24H21N3O2S2/c1-30-19-11-9-17(10-12-19)15-21-23(29)27(18-7-3-2-4-8-18)24(31-21)20(16-25)22(28)26-13-5-6-14-26/h2-4,7-12,15H,5-6,13-14H2,1H3. The highest BCUT2D eigenvalue weighted by molar-refractivity contribution is 7.98. The third-order valence-electron chi connectivity index (χ3n) is 5.18. The second kappa shape index (κ2) is 9.38. The number of amides is 1. The summed E-state index contributed by atoms with van der Waals surface area (Å²) in [4.78, 5) is 29.3. The predicted octanol–water partition coefficient (Wildman–Crippen LogP) is 2.75. The van der Waals surface area contributed by atoms with E-state index in [-0.39, 0.29) is 17.0 Å². The zero-order chi connectivity index (χ0) is 21.8. The van der Waals surface area contributed by atoms with Crippen LogP contribution in [0, 0.1) is 11.3 Å². The minimum absolute atomic E-state index is 0.0187. The van der Waals surface area contributed by atoms with Crippen molar-refractivity contribution in [2.45, 2.75) is 17.7 Å². The van der Waals surface area contributed by atoms with Gasteiger partial charge in [0, 0.05) is 18.0 Å². The molecule has 1 saturated heterocycles. The first-order valence-electron chi connectivity index (χ1n) is 9.99. The van der Waals surface area contributed by atoms with Crippen LogP contribution in [0.4, 0.5) is 0 Å². The van der Waals surface area contributed by atoms with Crippen LogP contribution in [0.3, 0.4) is 0 Å². The molecule has 3 aromatic rings. The summed E-state index contributed by atoms with van der Waals surface area (Å²) in [6.07, 6.45) is 5.70. The Labute approximate surface area is 188 Å². The third kappa shape index (κ3) is 4.36. The minimum Gasteiger partial charge on any atom is -0.338 e. The molecule has 31 heavy (non-hydrogen) atoms. The Kier molecular flexibility index (Phi) is 6.40. The molecule has 1 aliphatic rings. The second-order valence-corrected chi connectivity index (χ2v) is 9.06. The van der Waals surface area contributed by atoms with Crippen molar-refractivity contribution in [2.24, 2.45) is 0 Å². The molecule has 156 valence electrons. The highest BCUT2D eigenvalue weighted by atomic mass is 32.2. The molecule has 1 amide bonds. The van der Waals surface area contributed by atoms with E-state index in [0.717, 1.165) is 23.3 Å². The Bertz CT molecular complexity index is 1310. The van der Waals surface area contributed by atoms with Gasteiger partial charge in [0.05, 0.1) is 10.2 Å². The number of thiazole rings is 1. The predicted molar refractivity (Wildman–Crippen MR) is 126 cm³/mol. The molecule has 0 atom stereocenters. The zero-order valence-electron chi connectivity index (χ0n) is 17.1. The molecule has 7 heteroatoms. The first-order valence-corrected chi connectivity index (χ1v) is 12.0. The van der Waals surface area contributed by atoms with Gasteiger partial charge in [-0.25, -0.2) is 0 Å². The maximum absolute atomic E-state index is 13.4. The Morgan fingerprint density at radius 3 is 2.39 bits per heavy atom. The number of carbonyl (C=O) groups is 1. The van der Waals surface area contributed by atoms with E-state index in [9.17, 15) is 14.9 Å². The normalized spacial score (nSPS) is 15.1. The van der Waals surface area contributed by atoms with Crippen LogP contribution < -0.4 is 14.8 Å².